The third kappa shape index (κ3) is 2.35. The summed E-state index contributed by atoms with van der Waals surface area (Å²) < 4.78 is 0. The van der Waals surface area contributed by atoms with Crippen molar-refractivity contribution in [3.63, 3.8) is 0 Å². The van der Waals surface area contributed by atoms with Crippen molar-refractivity contribution < 1.29 is 4.79 Å². The van der Waals surface area contributed by atoms with Gasteiger partial charge in [0.2, 0.25) is 5.91 Å². The predicted molar refractivity (Wildman–Crippen MR) is 46.4 cm³/mol. The second-order valence-corrected chi connectivity index (χ2v) is 3.62. The van der Waals surface area contributed by atoms with E-state index in [1.54, 1.807) is 11.3 Å². The van der Waals surface area contributed by atoms with Crippen molar-refractivity contribution in [1.82, 2.24) is 0 Å². The van der Waals surface area contributed by atoms with Crippen molar-refractivity contribution in [2.75, 3.05) is 0 Å². The first-order valence-corrected chi connectivity index (χ1v) is 4.40. The minimum atomic E-state index is -0.224. The van der Waals surface area contributed by atoms with Crippen LogP contribution in [-0.4, -0.2) is 5.91 Å². The summed E-state index contributed by atoms with van der Waals surface area (Å²) in [6.07, 6.45) is 0.771. The molecule has 0 saturated carbocycles. The van der Waals surface area contributed by atoms with Gasteiger partial charge in [-0.3, -0.25) is 4.79 Å². The van der Waals surface area contributed by atoms with Gasteiger partial charge in [-0.25, -0.2) is 0 Å². The monoisotopic (exact) mass is 169 g/mol. The highest BCUT2D eigenvalue weighted by molar-refractivity contribution is 7.09. The predicted octanol–water partition coefficient (Wildman–Crippen LogP) is 1.41. The Morgan fingerprint density at radius 3 is 3.00 bits per heavy atom. The van der Waals surface area contributed by atoms with Gasteiger partial charge in [0.05, 0.1) is 0 Å². The molecule has 0 aliphatic heterocycles. The molecule has 11 heavy (non-hydrogen) atoms. The molecular weight excluding hydrogens is 158 g/mol. The highest BCUT2D eigenvalue weighted by atomic mass is 32.1. The van der Waals surface area contributed by atoms with Crippen LogP contribution in [0.15, 0.2) is 17.5 Å². The second-order valence-electron chi connectivity index (χ2n) is 2.59. The Hall–Kier alpha value is -0.830. The molecule has 0 aromatic carbocycles. The van der Waals surface area contributed by atoms with E-state index in [0.717, 1.165) is 6.42 Å². The van der Waals surface area contributed by atoms with E-state index in [2.05, 4.69) is 0 Å². The van der Waals surface area contributed by atoms with Gasteiger partial charge < -0.3 is 5.73 Å². The van der Waals surface area contributed by atoms with Gasteiger partial charge in [0.1, 0.15) is 0 Å². The molecule has 0 spiro atoms. The molecule has 1 atom stereocenters. The molecule has 60 valence electrons. The van der Waals surface area contributed by atoms with Crippen LogP contribution in [0.4, 0.5) is 0 Å². The summed E-state index contributed by atoms with van der Waals surface area (Å²) >= 11 is 1.66. The van der Waals surface area contributed by atoms with Crippen molar-refractivity contribution in [3.8, 4) is 0 Å². The minimum Gasteiger partial charge on any atom is -0.369 e. The van der Waals surface area contributed by atoms with Crippen LogP contribution in [0, 0.1) is 5.92 Å². The van der Waals surface area contributed by atoms with E-state index in [-0.39, 0.29) is 11.8 Å². The van der Waals surface area contributed by atoms with Crippen LogP contribution < -0.4 is 5.73 Å². The first kappa shape index (κ1) is 8.27. The molecule has 0 fully saturated rings. The molecule has 2 N–H and O–H groups in total. The number of rotatable bonds is 3. The number of carbonyl (C=O) groups excluding carboxylic acids is 1. The Bertz CT molecular complexity index is 230. The summed E-state index contributed by atoms with van der Waals surface area (Å²) in [5.74, 6) is -0.271. The number of amides is 1. The van der Waals surface area contributed by atoms with Crippen molar-refractivity contribution in [3.05, 3.63) is 22.4 Å². The zero-order valence-corrected chi connectivity index (χ0v) is 7.23. The quantitative estimate of drug-likeness (QED) is 0.730. The smallest absolute Gasteiger partial charge is 0.220 e. The zero-order valence-electron chi connectivity index (χ0n) is 6.41. The average molecular weight is 169 g/mol. The lowest BCUT2D eigenvalue weighted by Crippen LogP contribution is -2.21. The molecule has 0 aliphatic rings. The van der Waals surface area contributed by atoms with Crippen LogP contribution in [0.3, 0.4) is 0 Å². The molecule has 0 saturated heterocycles. The summed E-state index contributed by atoms with van der Waals surface area (Å²) in [7, 11) is 0. The molecule has 0 bridgehead atoms. The SMILES string of the molecule is CC(Cc1cccs1)C(N)=O. The van der Waals surface area contributed by atoms with Crippen molar-refractivity contribution in [2.24, 2.45) is 11.7 Å². The molecule has 0 radical (unpaired) electrons. The molecule has 1 unspecified atom stereocenters. The molecule has 1 aromatic heterocycles. The van der Waals surface area contributed by atoms with Crippen LogP contribution in [-0.2, 0) is 11.2 Å². The maximum Gasteiger partial charge on any atom is 0.220 e. The molecule has 1 amide bonds. The van der Waals surface area contributed by atoms with Crippen LogP contribution in [0.2, 0.25) is 0 Å². The maximum atomic E-state index is 10.7. The highest BCUT2D eigenvalue weighted by Crippen LogP contribution is 2.13. The largest absolute Gasteiger partial charge is 0.369 e. The lowest BCUT2D eigenvalue weighted by molar-refractivity contribution is -0.121. The van der Waals surface area contributed by atoms with E-state index in [4.69, 9.17) is 5.73 Å². The highest BCUT2D eigenvalue weighted by Gasteiger charge is 2.09. The van der Waals surface area contributed by atoms with Crippen molar-refractivity contribution in [2.45, 2.75) is 13.3 Å². The molecule has 3 heteroatoms. The van der Waals surface area contributed by atoms with Gasteiger partial charge in [-0.05, 0) is 17.9 Å². The van der Waals surface area contributed by atoms with E-state index >= 15 is 0 Å². The lowest BCUT2D eigenvalue weighted by Gasteiger charge is -2.03. The van der Waals surface area contributed by atoms with E-state index in [1.807, 2.05) is 24.4 Å². The van der Waals surface area contributed by atoms with Crippen LogP contribution in [0.5, 0.6) is 0 Å². The van der Waals surface area contributed by atoms with Gasteiger partial charge in [0, 0.05) is 10.8 Å². The Labute approximate surface area is 70.0 Å². The molecule has 1 rings (SSSR count). The first-order chi connectivity index (χ1) is 5.20. The fourth-order valence-electron chi connectivity index (χ4n) is 0.831. The zero-order chi connectivity index (χ0) is 8.27. The molecule has 0 aliphatic carbocycles. The summed E-state index contributed by atoms with van der Waals surface area (Å²) in [6.45, 7) is 1.85. The van der Waals surface area contributed by atoms with E-state index in [0.29, 0.717) is 0 Å². The summed E-state index contributed by atoms with van der Waals surface area (Å²) in [4.78, 5) is 11.9. The standard InChI is InChI=1S/C8H11NOS/c1-6(8(9)10)5-7-3-2-4-11-7/h2-4,6H,5H2,1H3,(H2,9,10). The number of thiophene rings is 1. The molecular formula is C8H11NOS. The number of hydrogen-bond acceptors (Lipinski definition) is 2. The summed E-state index contributed by atoms with van der Waals surface area (Å²) in [5, 5.41) is 2.00. The van der Waals surface area contributed by atoms with Crippen molar-refractivity contribution in [1.29, 1.82) is 0 Å². The van der Waals surface area contributed by atoms with Crippen LogP contribution in [0.1, 0.15) is 11.8 Å². The van der Waals surface area contributed by atoms with Gasteiger partial charge in [-0.15, -0.1) is 11.3 Å². The lowest BCUT2D eigenvalue weighted by atomic mass is 10.1. The van der Waals surface area contributed by atoms with E-state index in [9.17, 15) is 4.79 Å². The topological polar surface area (TPSA) is 43.1 Å². The van der Waals surface area contributed by atoms with Gasteiger partial charge >= 0.3 is 0 Å². The number of primary amides is 1. The van der Waals surface area contributed by atoms with Gasteiger partial charge in [0.25, 0.3) is 0 Å². The van der Waals surface area contributed by atoms with Gasteiger partial charge in [-0.2, -0.15) is 0 Å². The number of carbonyl (C=O) groups is 1. The van der Waals surface area contributed by atoms with E-state index in [1.165, 1.54) is 4.88 Å². The van der Waals surface area contributed by atoms with Crippen LogP contribution >= 0.6 is 11.3 Å². The Balaban J connectivity index is 2.50. The summed E-state index contributed by atoms with van der Waals surface area (Å²) in [6, 6.07) is 4.00. The Kier molecular flexibility index (Phi) is 2.65. The normalized spacial score (nSPS) is 12.8. The Morgan fingerprint density at radius 2 is 2.55 bits per heavy atom. The van der Waals surface area contributed by atoms with Gasteiger partial charge in [-0.1, -0.05) is 13.0 Å². The van der Waals surface area contributed by atoms with Gasteiger partial charge in [0.15, 0.2) is 0 Å². The fourth-order valence-corrected chi connectivity index (χ4v) is 1.67. The van der Waals surface area contributed by atoms with Crippen LogP contribution in [0.25, 0.3) is 0 Å². The molecule has 1 heterocycles. The third-order valence-electron chi connectivity index (χ3n) is 1.57. The Morgan fingerprint density at radius 1 is 1.82 bits per heavy atom. The average Bonchev–Trinajstić information content (AvgIpc) is 2.39. The summed E-state index contributed by atoms with van der Waals surface area (Å²) in [5.41, 5.74) is 5.12. The first-order valence-electron chi connectivity index (χ1n) is 3.52. The molecule has 1 aromatic rings. The number of hydrogen-bond donors (Lipinski definition) is 1. The fraction of sp³-hybridized carbons (Fsp3) is 0.375. The minimum absolute atomic E-state index is 0.0475. The van der Waals surface area contributed by atoms with E-state index < -0.39 is 0 Å². The number of nitrogens with two attached hydrogens (primary N) is 1. The molecule has 2 nitrogen and oxygen atoms in total. The maximum absolute atomic E-state index is 10.7. The third-order valence-corrected chi connectivity index (χ3v) is 2.47. The second kappa shape index (κ2) is 3.53. The van der Waals surface area contributed by atoms with Crippen molar-refractivity contribution >= 4 is 17.2 Å².